The highest BCUT2D eigenvalue weighted by Gasteiger charge is 2.11. The van der Waals surface area contributed by atoms with Gasteiger partial charge in [-0.15, -0.1) is 0 Å². The van der Waals surface area contributed by atoms with Crippen LogP contribution in [0.1, 0.15) is 21.5 Å². The van der Waals surface area contributed by atoms with Crippen LogP contribution < -0.4 is 0 Å². The Morgan fingerprint density at radius 2 is 1.84 bits per heavy atom. The van der Waals surface area contributed by atoms with Gasteiger partial charge in [-0.25, -0.2) is 4.79 Å². The molecule has 2 aromatic carbocycles. The van der Waals surface area contributed by atoms with Gasteiger partial charge in [0.05, 0.1) is 12.7 Å². The molecule has 0 radical (unpaired) electrons. The number of rotatable bonds is 2. The van der Waals surface area contributed by atoms with Crippen LogP contribution in [-0.4, -0.2) is 18.2 Å². The fourth-order valence-corrected chi connectivity index (χ4v) is 2.14. The maximum Gasteiger partial charge on any atom is 0.338 e. The van der Waals surface area contributed by atoms with E-state index in [0.29, 0.717) is 5.56 Å². The molecule has 0 aliphatic heterocycles. The van der Waals surface area contributed by atoms with E-state index in [1.807, 2.05) is 26.0 Å². The van der Waals surface area contributed by atoms with Gasteiger partial charge >= 0.3 is 5.97 Å². The zero-order chi connectivity index (χ0) is 14.0. The number of ether oxygens (including phenoxy) is 1. The van der Waals surface area contributed by atoms with Crippen molar-refractivity contribution in [2.45, 2.75) is 13.8 Å². The molecular formula is C16H16O3. The molecule has 0 bridgehead atoms. The Morgan fingerprint density at radius 3 is 2.47 bits per heavy atom. The highest BCUT2D eigenvalue weighted by atomic mass is 16.5. The molecular weight excluding hydrogens is 240 g/mol. The number of aromatic hydroxyl groups is 1. The summed E-state index contributed by atoms with van der Waals surface area (Å²) in [7, 11) is 1.32. The largest absolute Gasteiger partial charge is 0.508 e. The van der Waals surface area contributed by atoms with E-state index in [2.05, 4.69) is 10.8 Å². The Hall–Kier alpha value is -2.29. The third-order valence-corrected chi connectivity index (χ3v) is 3.03. The van der Waals surface area contributed by atoms with E-state index in [9.17, 15) is 9.90 Å². The number of esters is 1. The summed E-state index contributed by atoms with van der Waals surface area (Å²) in [6, 6.07) is 10.8. The van der Waals surface area contributed by atoms with Crippen LogP contribution in [0.15, 0.2) is 36.4 Å². The normalized spacial score (nSPS) is 10.3. The number of hydrogen-bond donors (Lipinski definition) is 1. The summed E-state index contributed by atoms with van der Waals surface area (Å²) in [5.74, 6) is -0.403. The van der Waals surface area contributed by atoms with Crippen LogP contribution >= 0.6 is 0 Å². The first-order valence-electron chi connectivity index (χ1n) is 6.01. The molecule has 1 N–H and O–H groups in total. The van der Waals surface area contributed by atoms with Gasteiger partial charge in [0.2, 0.25) is 0 Å². The third kappa shape index (κ3) is 2.76. The van der Waals surface area contributed by atoms with Gasteiger partial charge in [-0.3, -0.25) is 0 Å². The second-order valence-electron chi connectivity index (χ2n) is 4.58. The minimum atomic E-state index is -0.457. The van der Waals surface area contributed by atoms with Crippen molar-refractivity contribution in [3.8, 4) is 16.9 Å². The van der Waals surface area contributed by atoms with Crippen molar-refractivity contribution in [2.75, 3.05) is 7.11 Å². The molecule has 0 saturated carbocycles. The molecule has 2 aromatic rings. The molecule has 3 nitrogen and oxygen atoms in total. The Morgan fingerprint density at radius 1 is 1.11 bits per heavy atom. The van der Waals surface area contributed by atoms with E-state index < -0.39 is 5.97 Å². The first kappa shape index (κ1) is 13.1. The minimum Gasteiger partial charge on any atom is -0.508 e. The maximum atomic E-state index is 11.6. The summed E-state index contributed by atoms with van der Waals surface area (Å²) >= 11 is 0. The minimum absolute atomic E-state index is 0.0536. The summed E-state index contributed by atoms with van der Waals surface area (Å²) < 4.78 is 4.68. The molecule has 0 atom stereocenters. The van der Waals surface area contributed by atoms with Crippen LogP contribution in [-0.2, 0) is 4.74 Å². The highest BCUT2D eigenvalue weighted by Crippen LogP contribution is 2.28. The second-order valence-corrected chi connectivity index (χ2v) is 4.58. The molecule has 98 valence electrons. The monoisotopic (exact) mass is 256 g/mol. The molecule has 0 aliphatic rings. The number of phenolic OH excluding ortho intramolecular Hbond substituents is 1. The lowest BCUT2D eigenvalue weighted by Gasteiger charge is -2.09. The summed E-state index contributed by atoms with van der Waals surface area (Å²) in [6.07, 6.45) is 0. The lowest BCUT2D eigenvalue weighted by atomic mass is 9.97. The van der Waals surface area contributed by atoms with Gasteiger partial charge in [0.15, 0.2) is 0 Å². The molecule has 0 spiro atoms. The third-order valence-electron chi connectivity index (χ3n) is 3.03. The summed E-state index contributed by atoms with van der Waals surface area (Å²) in [5.41, 5.74) is 4.41. The summed E-state index contributed by atoms with van der Waals surface area (Å²) in [5, 5.41) is 9.74. The standard InChI is InChI=1S/C16H16O3/c1-10-4-5-15(11(2)6-10)12-7-13(16(18)19-3)9-14(17)8-12/h4-9,17H,1-3H3. The smallest absolute Gasteiger partial charge is 0.338 e. The van der Waals surface area contributed by atoms with Crippen LogP contribution in [0.5, 0.6) is 5.75 Å². The van der Waals surface area contributed by atoms with Gasteiger partial charge in [-0.05, 0) is 48.7 Å². The SMILES string of the molecule is COC(=O)c1cc(O)cc(-c2ccc(C)cc2C)c1. The predicted octanol–water partition coefficient (Wildman–Crippen LogP) is 3.46. The maximum absolute atomic E-state index is 11.6. The van der Waals surface area contributed by atoms with E-state index in [0.717, 1.165) is 16.7 Å². The molecule has 3 heteroatoms. The molecule has 19 heavy (non-hydrogen) atoms. The molecule has 2 rings (SSSR count). The quantitative estimate of drug-likeness (QED) is 0.837. The average Bonchev–Trinajstić information content (AvgIpc) is 2.37. The molecule has 0 unspecified atom stereocenters. The Labute approximate surface area is 112 Å². The number of phenols is 1. The van der Waals surface area contributed by atoms with Crippen LogP contribution in [0.2, 0.25) is 0 Å². The van der Waals surface area contributed by atoms with Gasteiger partial charge in [0.25, 0.3) is 0 Å². The Bertz CT molecular complexity index is 630. The Kier molecular flexibility index (Phi) is 3.56. The topological polar surface area (TPSA) is 46.5 Å². The van der Waals surface area contributed by atoms with Gasteiger partial charge in [-0.2, -0.15) is 0 Å². The van der Waals surface area contributed by atoms with Gasteiger partial charge < -0.3 is 9.84 Å². The van der Waals surface area contributed by atoms with Crippen molar-refractivity contribution in [3.63, 3.8) is 0 Å². The van der Waals surface area contributed by atoms with Crippen molar-refractivity contribution in [3.05, 3.63) is 53.1 Å². The second kappa shape index (κ2) is 5.14. The van der Waals surface area contributed by atoms with Crippen LogP contribution in [0.4, 0.5) is 0 Å². The van der Waals surface area contributed by atoms with Crippen molar-refractivity contribution in [1.29, 1.82) is 0 Å². The number of benzene rings is 2. The molecule has 0 aliphatic carbocycles. The predicted molar refractivity (Wildman–Crippen MR) is 74.4 cm³/mol. The van der Waals surface area contributed by atoms with E-state index in [-0.39, 0.29) is 5.75 Å². The van der Waals surface area contributed by atoms with E-state index in [4.69, 9.17) is 0 Å². The fourth-order valence-electron chi connectivity index (χ4n) is 2.14. The van der Waals surface area contributed by atoms with Crippen LogP contribution in [0, 0.1) is 13.8 Å². The molecule has 0 aromatic heterocycles. The Balaban J connectivity index is 2.56. The van der Waals surface area contributed by atoms with Gasteiger partial charge in [0.1, 0.15) is 5.75 Å². The van der Waals surface area contributed by atoms with Crippen molar-refractivity contribution in [2.24, 2.45) is 0 Å². The average molecular weight is 256 g/mol. The number of methoxy groups -OCH3 is 1. The molecule has 0 amide bonds. The molecule has 0 saturated heterocycles. The number of carbonyl (C=O) groups excluding carboxylic acids is 1. The molecule has 0 heterocycles. The zero-order valence-corrected chi connectivity index (χ0v) is 11.2. The van der Waals surface area contributed by atoms with Gasteiger partial charge in [0, 0.05) is 0 Å². The first-order chi connectivity index (χ1) is 9.01. The fraction of sp³-hybridized carbons (Fsp3) is 0.188. The lowest BCUT2D eigenvalue weighted by Crippen LogP contribution is -2.01. The van der Waals surface area contributed by atoms with Gasteiger partial charge in [-0.1, -0.05) is 23.8 Å². The number of carbonyl (C=O) groups is 1. The lowest BCUT2D eigenvalue weighted by molar-refractivity contribution is 0.0600. The van der Waals surface area contributed by atoms with E-state index >= 15 is 0 Å². The number of aryl methyl sites for hydroxylation is 2. The van der Waals surface area contributed by atoms with Crippen LogP contribution in [0.3, 0.4) is 0 Å². The number of hydrogen-bond acceptors (Lipinski definition) is 3. The van der Waals surface area contributed by atoms with Crippen molar-refractivity contribution in [1.82, 2.24) is 0 Å². The van der Waals surface area contributed by atoms with Crippen LogP contribution in [0.25, 0.3) is 11.1 Å². The highest BCUT2D eigenvalue weighted by molar-refractivity contribution is 5.91. The molecule has 0 fully saturated rings. The summed E-state index contributed by atoms with van der Waals surface area (Å²) in [6.45, 7) is 4.03. The van der Waals surface area contributed by atoms with Crippen molar-refractivity contribution >= 4 is 5.97 Å². The first-order valence-corrected chi connectivity index (χ1v) is 6.01. The van der Waals surface area contributed by atoms with E-state index in [1.165, 1.54) is 18.7 Å². The van der Waals surface area contributed by atoms with E-state index in [1.54, 1.807) is 12.1 Å². The summed E-state index contributed by atoms with van der Waals surface area (Å²) in [4.78, 5) is 11.6. The zero-order valence-electron chi connectivity index (χ0n) is 11.2. The van der Waals surface area contributed by atoms with Crippen molar-refractivity contribution < 1.29 is 14.6 Å².